The summed E-state index contributed by atoms with van der Waals surface area (Å²) >= 11 is 3.72. The van der Waals surface area contributed by atoms with Gasteiger partial charge in [-0.05, 0) is 141 Å². The maximum Gasteiger partial charge on any atom is 0.549 e. The average molecular weight is 1190 g/mol. The van der Waals surface area contributed by atoms with Crippen molar-refractivity contribution in [3.8, 4) is 0 Å². The number of hydrogen-bond acceptors (Lipinski definition) is 11. The minimum absolute atomic E-state index is 0. The van der Waals surface area contributed by atoms with Gasteiger partial charge in [0.2, 0.25) is 0 Å². The molecule has 0 aromatic carbocycles. The summed E-state index contributed by atoms with van der Waals surface area (Å²) in [6.07, 6.45) is 10.9. The lowest BCUT2D eigenvalue weighted by molar-refractivity contribution is 0.401. The van der Waals surface area contributed by atoms with Crippen molar-refractivity contribution in [2.45, 2.75) is 229 Å². The first kappa shape index (κ1) is 80.0. The van der Waals surface area contributed by atoms with Crippen LogP contribution < -0.4 is 5.32 Å². The molecule has 0 amide bonds. The number of halogens is 1. The number of rotatable bonds is 37. The van der Waals surface area contributed by atoms with Crippen LogP contribution in [0.1, 0.15) is 66.2 Å². The summed E-state index contributed by atoms with van der Waals surface area (Å²) in [6.45, 7) is 29.6. The van der Waals surface area contributed by atoms with Gasteiger partial charge < -0.3 is 31.9 Å². The predicted molar refractivity (Wildman–Crippen MR) is 318 cm³/mol. The molecule has 22 heteroatoms. The fourth-order valence-corrected chi connectivity index (χ4v) is 29.3. The van der Waals surface area contributed by atoms with Crippen LogP contribution in [-0.4, -0.2) is 146 Å². The Hall–Kier alpha value is 1.57. The zero-order chi connectivity index (χ0) is 51.3. The molecule has 0 saturated heterocycles. The molecule has 0 spiro atoms. The van der Waals surface area contributed by atoms with Gasteiger partial charge in [0.25, 0.3) is 0 Å². The molecule has 0 aromatic heterocycles. The Labute approximate surface area is 438 Å². The molecule has 406 valence electrons. The molecule has 0 bridgehead atoms. The van der Waals surface area contributed by atoms with Crippen LogP contribution in [0.25, 0.3) is 0 Å². The first-order valence-electron chi connectivity index (χ1n) is 24.6. The van der Waals surface area contributed by atoms with E-state index in [0.29, 0.717) is 0 Å². The summed E-state index contributed by atoms with van der Waals surface area (Å²) in [5.74, 6) is 0. The standard InChI is InChI=1S/C22H55NO3Si4.C21H51BrO3Si4.2CH4.2O2Si/c1-23-15-11-19-30(20-12-16-27(5,6)24-2,21-13-17-28(7,8)25-3)22-14-18-29(9,10)26-4;1-23-26(4,5)15-11-19-29(18-10-14-22,20-12-16-27(6,7)24-2)21-13-17-28(8,9)25-3;;;2*1-3-2/h23H,11-22H2,1-10H3;10-21H2,1-9H3;2*1H4;;. The molecule has 0 unspecified atom stereocenters. The Bertz CT molecular complexity index is 1110. The normalized spacial score (nSPS) is 12.4. The highest BCUT2D eigenvalue weighted by Gasteiger charge is 2.36. The van der Waals surface area contributed by atoms with Gasteiger partial charge in [0.15, 0.2) is 49.9 Å². The van der Waals surface area contributed by atoms with Crippen molar-refractivity contribution in [3.63, 3.8) is 0 Å². The van der Waals surface area contributed by atoms with Crippen LogP contribution in [0.2, 0.25) is 163 Å². The summed E-state index contributed by atoms with van der Waals surface area (Å²) in [5, 5.41) is 4.54. The first-order chi connectivity index (χ1) is 30.1. The van der Waals surface area contributed by atoms with Gasteiger partial charge in [-0.2, -0.15) is 0 Å². The highest BCUT2D eigenvalue weighted by Crippen LogP contribution is 2.38. The highest BCUT2D eigenvalue weighted by molar-refractivity contribution is 9.09. The topological polar surface area (TPSA) is 136 Å². The van der Waals surface area contributed by atoms with Gasteiger partial charge in [-0.15, -0.1) is 0 Å². The SMILES string of the molecule is C.C.CNCCC[Si](CCC[Si](C)(C)OC)(CCC[Si](C)(C)OC)CCC[Si](C)(C)OC.CO[Si](C)(C)CCC[Si](CCCBr)(CCC[Si](C)(C)OC)CCC[Si](C)(C)OC.O=[Si]=O.O=[Si]=O. The van der Waals surface area contributed by atoms with Gasteiger partial charge >= 0.3 is 18.6 Å². The summed E-state index contributed by atoms with van der Waals surface area (Å²) in [7, 11) is -0.612. The van der Waals surface area contributed by atoms with Gasteiger partial charge in [-0.1, -0.05) is 118 Å². The first-order valence-corrected chi connectivity index (χ1v) is 51.7. The third-order valence-corrected chi connectivity index (χ3v) is 42.1. The van der Waals surface area contributed by atoms with Crippen LogP contribution in [-0.2, 0) is 44.4 Å². The molecule has 11 nitrogen and oxygen atoms in total. The quantitative estimate of drug-likeness (QED) is 0.0362. The van der Waals surface area contributed by atoms with Crippen molar-refractivity contribution in [1.82, 2.24) is 5.32 Å². The van der Waals surface area contributed by atoms with Crippen LogP contribution >= 0.6 is 15.9 Å². The fourth-order valence-electron chi connectivity index (χ4n) is 8.53. The Kier molecular flexibility index (Phi) is 52.4. The van der Waals surface area contributed by atoms with E-state index in [2.05, 4.69) is 107 Å². The van der Waals surface area contributed by atoms with Crippen molar-refractivity contribution >= 4 is 101 Å². The lowest BCUT2D eigenvalue weighted by Crippen LogP contribution is -2.38. The van der Waals surface area contributed by atoms with E-state index >= 15 is 0 Å². The van der Waals surface area contributed by atoms with Gasteiger partial charge in [-0.3, -0.25) is 17.8 Å². The van der Waals surface area contributed by atoms with Crippen LogP contribution in [0.4, 0.5) is 0 Å². The van der Waals surface area contributed by atoms with E-state index < -0.39 is 84.6 Å². The lowest BCUT2D eigenvalue weighted by Gasteiger charge is -2.35. The molecule has 0 saturated carbocycles. The second kappa shape index (κ2) is 43.9. The van der Waals surface area contributed by atoms with Crippen molar-refractivity contribution < 1.29 is 44.4 Å². The van der Waals surface area contributed by atoms with Crippen molar-refractivity contribution in [1.29, 1.82) is 0 Å². The smallest absolute Gasteiger partial charge is 0.420 e. The van der Waals surface area contributed by atoms with Gasteiger partial charge in [0, 0.05) is 48.0 Å². The van der Waals surface area contributed by atoms with E-state index in [4.69, 9.17) is 44.4 Å². The molecular formula is C45H114BrNO10Si10. The fraction of sp³-hybridized carbons (Fsp3) is 1.00. The molecule has 0 aliphatic heterocycles. The Morgan fingerprint density at radius 3 is 0.657 bits per heavy atom. The van der Waals surface area contributed by atoms with Gasteiger partial charge in [0.1, 0.15) is 0 Å². The minimum Gasteiger partial charge on any atom is -0.420 e. The zero-order valence-corrected chi connectivity index (χ0v) is 57.5. The van der Waals surface area contributed by atoms with Gasteiger partial charge in [-0.25, -0.2) is 0 Å². The van der Waals surface area contributed by atoms with E-state index in [0.717, 1.165) is 11.9 Å². The third-order valence-electron chi connectivity index (χ3n) is 14.2. The molecule has 1 N–H and O–H groups in total. The number of nitrogens with one attached hydrogen (secondary N) is 1. The molecule has 67 heavy (non-hydrogen) atoms. The van der Waals surface area contributed by atoms with Crippen LogP contribution in [0.5, 0.6) is 0 Å². The minimum atomic E-state index is -1.47. The molecule has 0 fully saturated rings. The number of alkyl halides is 1. The van der Waals surface area contributed by atoms with Crippen LogP contribution in [0.15, 0.2) is 0 Å². The van der Waals surface area contributed by atoms with Crippen molar-refractivity contribution in [3.05, 3.63) is 0 Å². The second-order valence-electron chi connectivity index (χ2n) is 22.1. The maximum absolute atomic E-state index is 8.40. The average Bonchev–Trinajstić information content (AvgIpc) is 3.23. The second-order valence-corrected chi connectivity index (χ2v) is 59.8. The molecular weight excluding hydrogens is 1080 g/mol. The number of hydrogen-bond donors (Lipinski definition) is 1. The maximum atomic E-state index is 8.40. The zero-order valence-electron chi connectivity index (χ0n) is 45.9. The van der Waals surface area contributed by atoms with Gasteiger partial charge in [0.05, 0.1) is 16.1 Å². The molecule has 0 aliphatic rings. The predicted octanol–water partition coefficient (Wildman–Crippen LogP) is 14.7. The molecule has 0 rings (SSSR count). The highest BCUT2D eigenvalue weighted by atomic mass is 79.9. The largest absolute Gasteiger partial charge is 0.549 e. The summed E-state index contributed by atoms with van der Waals surface area (Å²) in [6, 6.07) is 19.7. The third kappa shape index (κ3) is 47.1. The van der Waals surface area contributed by atoms with Crippen molar-refractivity contribution in [2.75, 3.05) is 61.6 Å². The van der Waals surface area contributed by atoms with E-state index in [1.807, 2.05) is 42.7 Å². The van der Waals surface area contributed by atoms with E-state index in [1.54, 1.807) is 0 Å². The van der Waals surface area contributed by atoms with Crippen LogP contribution in [0.3, 0.4) is 0 Å². The lowest BCUT2D eigenvalue weighted by atomic mass is 10.5. The Morgan fingerprint density at radius 1 is 0.343 bits per heavy atom. The Balaban J connectivity index is -0.000000241. The van der Waals surface area contributed by atoms with E-state index in [-0.39, 0.29) is 14.9 Å². The molecule has 0 heterocycles. The summed E-state index contributed by atoms with van der Waals surface area (Å²) < 4.78 is 68.7. The monoisotopic (exact) mass is 1190 g/mol. The summed E-state index contributed by atoms with van der Waals surface area (Å²) in [5.41, 5.74) is 0. The Morgan fingerprint density at radius 2 is 0.507 bits per heavy atom. The van der Waals surface area contributed by atoms with Crippen LogP contribution in [0, 0.1) is 0 Å². The summed E-state index contributed by atoms with van der Waals surface area (Å²) in [4.78, 5) is 0. The van der Waals surface area contributed by atoms with E-state index in [9.17, 15) is 0 Å². The molecule has 0 aromatic rings. The molecule has 0 atom stereocenters. The van der Waals surface area contributed by atoms with E-state index in [1.165, 1.54) is 136 Å². The molecule has 0 radical (unpaired) electrons. The molecule has 0 aliphatic carbocycles. The van der Waals surface area contributed by atoms with Crippen molar-refractivity contribution in [2.24, 2.45) is 0 Å².